The van der Waals surface area contributed by atoms with E-state index >= 15 is 0 Å². The van der Waals surface area contributed by atoms with Crippen molar-refractivity contribution in [3.8, 4) is 0 Å². The van der Waals surface area contributed by atoms with Gasteiger partial charge in [-0.25, -0.2) is 4.79 Å². The molecular weight excluding hydrogens is 252 g/mol. The number of aliphatic carboxylic acids is 1. The molecule has 5 heteroatoms. The highest BCUT2D eigenvalue weighted by molar-refractivity contribution is 6.30. The summed E-state index contributed by atoms with van der Waals surface area (Å²) in [5.74, 6) is -0.841. The van der Waals surface area contributed by atoms with Crippen LogP contribution in [0.1, 0.15) is 18.4 Å². The highest BCUT2D eigenvalue weighted by atomic mass is 35.5. The Balaban J connectivity index is 2.15. The molecule has 0 radical (unpaired) electrons. The fourth-order valence-electron chi connectivity index (χ4n) is 2.25. The van der Waals surface area contributed by atoms with Gasteiger partial charge in [-0.3, -0.25) is 4.90 Å². The quantitative estimate of drug-likeness (QED) is 0.881. The fourth-order valence-corrected chi connectivity index (χ4v) is 2.47. The number of hydrogen-bond donors (Lipinski definition) is 2. The Morgan fingerprint density at radius 1 is 1.44 bits per heavy atom. The first-order chi connectivity index (χ1) is 8.58. The van der Waals surface area contributed by atoms with Crippen molar-refractivity contribution in [3.63, 3.8) is 0 Å². The topological polar surface area (TPSA) is 52.6 Å². The van der Waals surface area contributed by atoms with E-state index in [1.807, 2.05) is 24.0 Å². The Bertz CT molecular complexity index is 445. The molecule has 1 aromatic carbocycles. The van der Waals surface area contributed by atoms with Crippen molar-refractivity contribution in [2.24, 2.45) is 0 Å². The van der Waals surface area contributed by atoms with Crippen molar-refractivity contribution >= 4 is 23.3 Å². The summed E-state index contributed by atoms with van der Waals surface area (Å²) in [6.07, 6.45) is 1.46. The molecule has 4 nitrogen and oxygen atoms in total. The molecular formula is C13H17ClN2O2. The number of carboxylic acids is 1. The third-order valence-corrected chi connectivity index (χ3v) is 3.46. The van der Waals surface area contributed by atoms with E-state index in [-0.39, 0.29) is 0 Å². The van der Waals surface area contributed by atoms with Gasteiger partial charge in [0.05, 0.1) is 0 Å². The molecule has 1 atom stereocenters. The predicted molar refractivity (Wildman–Crippen MR) is 72.0 cm³/mol. The van der Waals surface area contributed by atoms with E-state index in [1.165, 1.54) is 0 Å². The minimum atomic E-state index is -0.841. The lowest BCUT2D eigenvalue weighted by molar-refractivity contribution is -0.141. The largest absolute Gasteiger partial charge is 0.479 e. The number of halogens is 1. The summed E-state index contributed by atoms with van der Waals surface area (Å²) in [5.41, 5.74) is 1.77. The Morgan fingerprint density at radius 2 is 2.11 bits per heavy atom. The number of nitrogens with one attached hydrogen (secondary N) is 1. The van der Waals surface area contributed by atoms with Crippen molar-refractivity contribution < 1.29 is 9.90 Å². The number of carboxylic acid groups (broad SMARTS) is 1. The standard InChI is InChI=1S/C13H17ClN2O2/c1-9-8-10(14)4-5-11(9)15-12(13(17)18)16-6-2-3-7-16/h4-5,8,12,15H,2-3,6-7H2,1H3,(H,17,18). The molecule has 0 spiro atoms. The number of aryl methyl sites for hydroxylation is 1. The lowest BCUT2D eigenvalue weighted by Crippen LogP contribution is -2.45. The van der Waals surface area contributed by atoms with Crippen LogP contribution in [0.25, 0.3) is 0 Å². The van der Waals surface area contributed by atoms with Crippen molar-refractivity contribution in [2.45, 2.75) is 25.9 Å². The molecule has 1 aromatic rings. The minimum absolute atomic E-state index is 0.658. The summed E-state index contributed by atoms with van der Waals surface area (Å²) in [6, 6.07) is 5.41. The van der Waals surface area contributed by atoms with Gasteiger partial charge in [-0.1, -0.05) is 11.6 Å². The van der Waals surface area contributed by atoms with Gasteiger partial charge in [0.2, 0.25) is 0 Å². The molecule has 1 unspecified atom stereocenters. The second-order valence-electron chi connectivity index (χ2n) is 4.59. The number of nitrogens with zero attached hydrogens (tertiary/aromatic N) is 1. The molecule has 0 bridgehead atoms. The van der Waals surface area contributed by atoms with Crippen LogP contribution < -0.4 is 5.32 Å². The van der Waals surface area contributed by atoms with E-state index < -0.39 is 12.1 Å². The molecule has 2 N–H and O–H groups in total. The number of likely N-dealkylation sites (tertiary alicyclic amines) is 1. The monoisotopic (exact) mass is 268 g/mol. The Labute approximate surface area is 112 Å². The summed E-state index contributed by atoms with van der Waals surface area (Å²) in [5, 5.41) is 13.1. The Hall–Kier alpha value is -1.26. The van der Waals surface area contributed by atoms with Gasteiger partial charge in [-0.05, 0) is 43.5 Å². The first kappa shape index (κ1) is 13.2. The molecule has 0 saturated carbocycles. The second-order valence-corrected chi connectivity index (χ2v) is 5.02. The Kier molecular flexibility index (Phi) is 4.09. The van der Waals surface area contributed by atoms with Crippen LogP contribution in [-0.4, -0.2) is 35.2 Å². The fraction of sp³-hybridized carbons (Fsp3) is 0.462. The van der Waals surface area contributed by atoms with Gasteiger partial charge < -0.3 is 10.4 Å². The van der Waals surface area contributed by atoms with E-state index in [0.29, 0.717) is 5.02 Å². The average Bonchev–Trinajstić information content (AvgIpc) is 2.80. The van der Waals surface area contributed by atoms with Crippen molar-refractivity contribution in [1.29, 1.82) is 0 Å². The average molecular weight is 269 g/mol. The number of carbonyl (C=O) groups is 1. The van der Waals surface area contributed by atoms with E-state index in [4.69, 9.17) is 11.6 Å². The maximum atomic E-state index is 11.3. The number of rotatable bonds is 4. The lowest BCUT2D eigenvalue weighted by Gasteiger charge is -2.26. The summed E-state index contributed by atoms with van der Waals surface area (Å²) < 4.78 is 0. The molecule has 98 valence electrons. The van der Waals surface area contributed by atoms with Crippen LogP contribution in [0.15, 0.2) is 18.2 Å². The first-order valence-electron chi connectivity index (χ1n) is 6.07. The molecule has 2 rings (SSSR count). The lowest BCUT2D eigenvalue weighted by atomic mass is 10.2. The number of anilines is 1. The zero-order valence-electron chi connectivity index (χ0n) is 10.3. The van der Waals surface area contributed by atoms with Crippen LogP contribution >= 0.6 is 11.6 Å². The van der Waals surface area contributed by atoms with Gasteiger partial charge >= 0.3 is 5.97 Å². The van der Waals surface area contributed by atoms with Crippen LogP contribution in [0.5, 0.6) is 0 Å². The first-order valence-corrected chi connectivity index (χ1v) is 6.45. The highest BCUT2D eigenvalue weighted by Gasteiger charge is 2.27. The van der Waals surface area contributed by atoms with Gasteiger partial charge in [-0.15, -0.1) is 0 Å². The molecule has 1 aliphatic rings. The van der Waals surface area contributed by atoms with Crippen LogP contribution in [0.3, 0.4) is 0 Å². The van der Waals surface area contributed by atoms with Crippen LogP contribution in [0.2, 0.25) is 5.02 Å². The van der Waals surface area contributed by atoms with E-state index in [0.717, 1.165) is 37.2 Å². The third-order valence-electron chi connectivity index (χ3n) is 3.22. The third kappa shape index (κ3) is 2.94. The molecule has 1 aliphatic heterocycles. The normalized spacial score (nSPS) is 17.7. The molecule has 0 aromatic heterocycles. The van der Waals surface area contributed by atoms with Gasteiger partial charge in [0.25, 0.3) is 0 Å². The molecule has 1 saturated heterocycles. The van der Waals surface area contributed by atoms with Gasteiger partial charge in [0.15, 0.2) is 6.17 Å². The minimum Gasteiger partial charge on any atom is -0.479 e. The maximum absolute atomic E-state index is 11.3. The maximum Gasteiger partial charge on any atom is 0.341 e. The summed E-state index contributed by atoms with van der Waals surface area (Å²) >= 11 is 5.89. The SMILES string of the molecule is Cc1cc(Cl)ccc1NC(C(=O)O)N1CCCC1. The molecule has 0 aliphatic carbocycles. The van der Waals surface area contributed by atoms with Gasteiger partial charge in [0, 0.05) is 23.8 Å². The number of hydrogen-bond acceptors (Lipinski definition) is 3. The van der Waals surface area contributed by atoms with E-state index in [2.05, 4.69) is 5.32 Å². The highest BCUT2D eigenvalue weighted by Crippen LogP contribution is 2.22. The number of benzene rings is 1. The van der Waals surface area contributed by atoms with E-state index in [1.54, 1.807) is 6.07 Å². The van der Waals surface area contributed by atoms with Crippen molar-refractivity contribution in [3.05, 3.63) is 28.8 Å². The molecule has 1 fully saturated rings. The van der Waals surface area contributed by atoms with Crippen LogP contribution in [0.4, 0.5) is 5.69 Å². The molecule has 18 heavy (non-hydrogen) atoms. The molecule has 0 amide bonds. The summed E-state index contributed by atoms with van der Waals surface area (Å²) in [6.45, 7) is 3.57. The van der Waals surface area contributed by atoms with Crippen molar-refractivity contribution in [1.82, 2.24) is 4.90 Å². The molecule has 1 heterocycles. The van der Waals surface area contributed by atoms with Crippen molar-refractivity contribution in [2.75, 3.05) is 18.4 Å². The summed E-state index contributed by atoms with van der Waals surface area (Å²) in [4.78, 5) is 13.3. The summed E-state index contributed by atoms with van der Waals surface area (Å²) in [7, 11) is 0. The van der Waals surface area contributed by atoms with Gasteiger partial charge in [-0.2, -0.15) is 0 Å². The zero-order chi connectivity index (χ0) is 13.1. The predicted octanol–water partition coefficient (Wildman–Crippen LogP) is 2.57. The van der Waals surface area contributed by atoms with Crippen LogP contribution in [0, 0.1) is 6.92 Å². The zero-order valence-corrected chi connectivity index (χ0v) is 11.1. The Morgan fingerprint density at radius 3 is 2.67 bits per heavy atom. The van der Waals surface area contributed by atoms with Gasteiger partial charge in [0.1, 0.15) is 0 Å². The second kappa shape index (κ2) is 5.59. The van der Waals surface area contributed by atoms with E-state index in [9.17, 15) is 9.90 Å². The van der Waals surface area contributed by atoms with Crippen LogP contribution in [-0.2, 0) is 4.79 Å². The smallest absolute Gasteiger partial charge is 0.341 e.